The van der Waals surface area contributed by atoms with Gasteiger partial charge in [0.2, 0.25) is 0 Å². The van der Waals surface area contributed by atoms with Gasteiger partial charge in [0.15, 0.2) is 9.84 Å². The van der Waals surface area contributed by atoms with E-state index in [-0.39, 0.29) is 0 Å². The van der Waals surface area contributed by atoms with Crippen molar-refractivity contribution in [2.75, 3.05) is 5.75 Å². The van der Waals surface area contributed by atoms with E-state index >= 15 is 0 Å². The van der Waals surface area contributed by atoms with Crippen LogP contribution in [0.3, 0.4) is 0 Å². The lowest BCUT2D eigenvalue weighted by Gasteiger charge is -2.43. The lowest BCUT2D eigenvalue weighted by atomic mass is 9.75. The minimum absolute atomic E-state index is 0.391. The summed E-state index contributed by atoms with van der Waals surface area (Å²) in [6.45, 7) is 6.40. The molecule has 1 fully saturated rings. The number of rotatable bonds is 8. The molecule has 0 aliphatic heterocycles. The first-order valence-electron chi connectivity index (χ1n) is 8.26. The summed E-state index contributed by atoms with van der Waals surface area (Å²) in [5.74, 6) is 0.805. The molecule has 1 aliphatic carbocycles. The Morgan fingerprint density at radius 3 is 2.37 bits per heavy atom. The van der Waals surface area contributed by atoms with Gasteiger partial charge in [-0.25, -0.2) is 8.42 Å². The van der Waals surface area contributed by atoms with Crippen molar-refractivity contribution in [3.05, 3.63) is 0 Å². The molecule has 0 spiro atoms. The van der Waals surface area contributed by atoms with E-state index in [0.717, 1.165) is 57.8 Å². The third-order valence-electron chi connectivity index (χ3n) is 5.12. The van der Waals surface area contributed by atoms with Crippen LogP contribution in [0.15, 0.2) is 0 Å². The number of unbranched alkanes of at least 4 members (excludes halogenated alkanes) is 3. The largest absolute Gasteiger partial charge is 0.228 e. The molecule has 2 unspecified atom stereocenters. The molecule has 0 heterocycles. The van der Waals surface area contributed by atoms with Gasteiger partial charge in [0, 0.05) is 0 Å². The van der Waals surface area contributed by atoms with Crippen LogP contribution >= 0.6 is 0 Å². The van der Waals surface area contributed by atoms with Crippen LogP contribution in [-0.4, -0.2) is 18.9 Å². The Morgan fingerprint density at radius 1 is 1.05 bits per heavy atom. The molecule has 0 aromatic rings. The summed E-state index contributed by atoms with van der Waals surface area (Å²) in [6, 6.07) is 0. The summed E-state index contributed by atoms with van der Waals surface area (Å²) >= 11 is 0. The second-order valence-corrected chi connectivity index (χ2v) is 8.60. The monoisotopic (exact) mass is 288 g/mol. The quantitative estimate of drug-likeness (QED) is 0.605. The van der Waals surface area contributed by atoms with Gasteiger partial charge in [0.25, 0.3) is 0 Å². The molecule has 0 aromatic heterocycles. The topological polar surface area (TPSA) is 34.1 Å². The van der Waals surface area contributed by atoms with E-state index in [4.69, 9.17) is 0 Å². The van der Waals surface area contributed by atoms with Gasteiger partial charge >= 0.3 is 0 Å². The second-order valence-electron chi connectivity index (χ2n) is 6.15. The number of hydrogen-bond acceptors (Lipinski definition) is 2. The lowest BCUT2D eigenvalue weighted by Crippen LogP contribution is -2.48. The molecular formula is C16H32O2S. The van der Waals surface area contributed by atoms with E-state index in [0.29, 0.717) is 11.7 Å². The maximum Gasteiger partial charge on any atom is 0.156 e. The standard InChI is InChI=1S/C16H32O2S/c1-4-7-8-11-14-19(17,18)16(6-3)13-10-9-12-15(16)5-2/h15H,4-14H2,1-3H3. The molecule has 2 atom stereocenters. The Morgan fingerprint density at radius 2 is 1.79 bits per heavy atom. The lowest BCUT2D eigenvalue weighted by molar-refractivity contribution is 0.244. The molecule has 0 bridgehead atoms. The number of hydrogen-bond donors (Lipinski definition) is 0. The van der Waals surface area contributed by atoms with Crippen molar-refractivity contribution in [1.82, 2.24) is 0 Å². The van der Waals surface area contributed by atoms with Crippen molar-refractivity contribution in [1.29, 1.82) is 0 Å². The molecule has 1 saturated carbocycles. The molecular weight excluding hydrogens is 256 g/mol. The predicted octanol–water partition coefficient (Wildman–Crippen LogP) is 4.73. The van der Waals surface area contributed by atoms with Crippen LogP contribution in [0.4, 0.5) is 0 Å². The van der Waals surface area contributed by atoms with Crippen LogP contribution in [-0.2, 0) is 9.84 Å². The summed E-state index contributed by atoms with van der Waals surface area (Å²) in [5, 5.41) is 0. The fourth-order valence-corrected chi connectivity index (χ4v) is 6.55. The van der Waals surface area contributed by atoms with Crippen LogP contribution in [0.5, 0.6) is 0 Å². The van der Waals surface area contributed by atoms with Gasteiger partial charge in [-0.1, -0.05) is 59.3 Å². The highest BCUT2D eigenvalue weighted by atomic mass is 32.2. The molecule has 0 saturated heterocycles. The van der Waals surface area contributed by atoms with Crippen molar-refractivity contribution in [3.63, 3.8) is 0 Å². The average molecular weight is 288 g/mol. The maximum atomic E-state index is 12.9. The van der Waals surface area contributed by atoms with Gasteiger partial charge in [0.05, 0.1) is 10.5 Å². The van der Waals surface area contributed by atoms with Crippen LogP contribution in [0.1, 0.15) is 85.0 Å². The van der Waals surface area contributed by atoms with Crippen LogP contribution in [0.25, 0.3) is 0 Å². The van der Waals surface area contributed by atoms with E-state index in [9.17, 15) is 8.42 Å². The predicted molar refractivity (Wildman–Crippen MR) is 83.2 cm³/mol. The average Bonchev–Trinajstić information content (AvgIpc) is 2.43. The minimum Gasteiger partial charge on any atom is -0.228 e. The highest BCUT2D eigenvalue weighted by molar-refractivity contribution is 7.92. The van der Waals surface area contributed by atoms with Crippen molar-refractivity contribution in [2.45, 2.75) is 89.7 Å². The molecule has 3 heteroatoms. The van der Waals surface area contributed by atoms with E-state index in [1.54, 1.807) is 0 Å². The zero-order valence-electron chi connectivity index (χ0n) is 13.1. The Balaban J connectivity index is 2.80. The normalized spacial score (nSPS) is 28.5. The highest BCUT2D eigenvalue weighted by Crippen LogP contribution is 2.44. The fourth-order valence-electron chi connectivity index (χ4n) is 3.88. The first kappa shape index (κ1) is 17.0. The molecule has 0 amide bonds. The molecule has 19 heavy (non-hydrogen) atoms. The zero-order valence-corrected chi connectivity index (χ0v) is 13.9. The van der Waals surface area contributed by atoms with Gasteiger partial charge in [-0.15, -0.1) is 0 Å². The summed E-state index contributed by atoms with van der Waals surface area (Å²) in [5.41, 5.74) is 0. The van der Waals surface area contributed by atoms with Crippen LogP contribution in [0, 0.1) is 5.92 Å². The first-order valence-corrected chi connectivity index (χ1v) is 9.91. The van der Waals surface area contributed by atoms with E-state index in [1.807, 2.05) is 0 Å². The van der Waals surface area contributed by atoms with Gasteiger partial charge < -0.3 is 0 Å². The summed E-state index contributed by atoms with van der Waals surface area (Å²) in [4.78, 5) is 0. The van der Waals surface area contributed by atoms with E-state index in [1.165, 1.54) is 6.42 Å². The molecule has 0 N–H and O–H groups in total. The third kappa shape index (κ3) is 3.74. The minimum atomic E-state index is -2.94. The zero-order chi connectivity index (χ0) is 14.4. The van der Waals surface area contributed by atoms with Crippen molar-refractivity contribution < 1.29 is 8.42 Å². The fraction of sp³-hybridized carbons (Fsp3) is 1.00. The smallest absolute Gasteiger partial charge is 0.156 e. The van der Waals surface area contributed by atoms with Crippen molar-refractivity contribution >= 4 is 9.84 Å². The van der Waals surface area contributed by atoms with Crippen molar-refractivity contribution in [3.8, 4) is 0 Å². The van der Waals surface area contributed by atoms with Gasteiger partial charge in [-0.3, -0.25) is 0 Å². The molecule has 2 nitrogen and oxygen atoms in total. The molecule has 0 radical (unpaired) electrons. The van der Waals surface area contributed by atoms with Crippen LogP contribution < -0.4 is 0 Å². The Labute approximate surface area is 120 Å². The van der Waals surface area contributed by atoms with E-state index < -0.39 is 14.6 Å². The van der Waals surface area contributed by atoms with Crippen LogP contribution in [0.2, 0.25) is 0 Å². The Hall–Kier alpha value is -0.0500. The first-order chi connectivity index (χ1) is 9.04. The summed E-state index contributed by atoms with van der Waals surface area (Å²) in [6.07, 6.45) is 10.4. The third-order valence-corrected chi connectivity index (χ3v) is 8.01. The van der Waals surface area contributed by atoms with Gasteiger partial charge in [-0.2, -0.15) is 0 Å². The Kier molecular flexibility index (Phi) is 6.85. The van der Waals surface area contributed by atoms with E-state index in [2.05, 4.69) is 20.8 Å². The SMILES string of the molecule is CCCCCCS(=O)(=O)C1(CC)CCCCC1CC. The molecule has 1 rings (SSSR count). The maximum absolute atomic E-state index is 12.9. The Bertz CT molecular complexity index is 348. The van der Waals surface area contributed by atoms with Crippen molar-refractivity contribution in [2.24, 2.45) is 5.92 Å². The summed E-state index contributed by atoms with van der Waals surface area (Å²) in [7, 11) is -2.94. The highest BCUT2D eigenvalue weighted by Gasteiger charge is 2.48. The summed E-state index contributed by atoms with van der Waals surface area (Å²) < 4.78 is 25.3. The molecule has 0 aromatic carbocycles. The molecule has 114 valence electrons. The number of sulfone groups is 1. The second kappa shape index (κ2) is 7.66. The van der Waals surface area contributed by atoms with Gasteiger partial charge in [-0.05, 0) is 31.6 Å². The molecule has 1 aliphatic rings. The van der Waals surface area contributed by atoms with Gasteiger partial charge in [0.1, 0.15) is 0 Å².